The number of unbranched alkanes of at least 4 members (excludes halogenated alkanes) is 9. The minimum atomic E-state index is 0. The third kappa shape index (κ3) is 9.76. The fraction of sp³-hybridized carbons (Fsp3) is 0.760. The van der Waals surface area contributed by atoms with Gasteiger partial charge in [0.1, 0.15) is 5.69 Å². The van der Waals surface area contributed by atoms with Crippen molar-refractivity contribution < 1.29 is 5.48 Å². The van der Waals surface area contributed by atoms with E-state index in [0.29, 0.717) is 0 Å². The van der Waals surface area contributed by atoms with Crippen molar-refractivity contribution in [3.8, 4) is 0 Å². The van der Waals surface area contributed by atoms with Crippen LogP contribution in [0.1, 0.15) is 103 Å². The molecule has 1 aromatic rings. The van der Waals surface area contributed by atoms with Gasteiger partial charge in [-0.15, -0.1) is 0 Å². The summed E-state index contributed by atoms with van der Waals surface area (Å²) in [4.78, 5) is 0. The molecule has 1 aromatic carbocycles. The van der Waals surface area contributed by atoms with E-state index >= 15 is 0 Å². The zero-order chi connectivity index (χ0) is 19.1. The van der Waals surface area contributed by atoms with Crippen molar-refractivity contribution in [1.29, 1.82) is 0 Å². The number of nitrogens with zero attached hydrogens (tertiary/aromatic N) is 1. The molecule has 0 bridgehead atoms. The van der Waals surface area contributed by atoms with Gasteiger partial charge in [-0.2, -0.15) is 0 Å². The van der Waals surface area contributed by atoms with E-state index in [1.165, 1.54) is 107 Å². The minimum absolute atomic E-state index is 0. The van der Waals surface area contributed by atoms with Crippen molar-refractivity contribution in [2.75, 3.05) is 19.6 Å². The van der Waals surface area contributed by atoms with E-state index in [2.05, 4.69) is 52.0 Å². The van der Waals surface area contributed by atoms with Crippen LogP contribution in [0.2, 0.25) is 0 Å². The fourth-order valence-electron chi connectivity index (χ4n) is 4.55. The number of hydrogen-bond acceptors (Lipinski definition) is 1. The van der Waals surface area contributed by atoms with Crippen LogP contribution in [0.4, 0.5) is 5.69 Å². The monoisotopic (exact) mass is 377 g/mol. The predicted molar refractivity (Wildman–Crippen MR) is 122 cm³/mol. The predicted octanol–water partition coefficient (Wildman–Crippen LogP) is 7.87. The highest BCUT2D eigenvalue weighted by atomic mass is 16.0. The lowest BCUT2D eigenvalue weighted by atomic mass is 10.0. The van der Waals surface area contributed by atoms with Crippen LogP contribution in [-0.2, 0) is 0 Å². The standard InChI is InChI=1S/C25H46N.H2O/c1-5-8-9-10-11-12-13-14-15-18-23-26(21-6-2,22-7-3)25-20-17-16-19-24(25)4;/h16-17,19-20H,5-15,18,21-23H2,1-4H3;1H2/q+1;/p-1. The van der Waals surface area contributed by atoms with Crippen molar-refractivity contribution in [2.45, 2.75) is 105 Å². The van der Waals surface area contributed by atoms with E-state index in [1.807, 2.05) is 0 Å². The number of hydrogen-bond donors (Lipinski definition) is 0. The van der Waals surface area contributed by atoms with Crippen molar-refractivity contribution in [3.63, 3.8) is 0 Å². The lowest BCUT2D eigenvalue weighted by Crippen LogP contribution is -2.51. The van der Waals surface area contributed by atoms with E-state index < -0.39 is 0 Å². The molecule has 1 rings (SSSR count). The molecule has 0 aliphatic heterocycles. The van der Waals surface area contributed by atoms with Gasteiger partial charge in [0.25, 0.3) is 0 Å². The summed E-state index contributed by atoms with van der Waals surface area (Å²) < 4.78 is 1.21. The van der Waals surface area contributed by atoms with Crippen LogP contribution in [0.25, 0.3) is 0 Å². The molecule has 0 saturated carbocycles. The summed E-state index contributed by atoms with van der Waals surface area (Å²) in [5.74, 6) is 0. The summed E-state index contributed by atoms with van der Waals surface area (Å²) in [6.45, 7) is 13.2. The smallest absolute Gasteiger partial charge is 0.135 e. The topological polar surface area (TPSA) is 30.0 Å². The molecule has 1 N–H and O–H groups in total. The molecule has 0 unspecified atom stereocenters. The van der Waals surface area contributed by atoms with Crippen LogP contribution in [0.15, 0.2) is 24.3 Å². The second-order valence-electron chi connectivity index (χ2n) is 8.28. The lowest BCUT2D eigenvalue weighted by molar-refractivity contribution is 0.264. The molecule has 0 fully saturated rings. The molecule has 158 valence electrons. The Morgan fingerprint density at radius 1 is 0.593 bits per heavy atom. The van der Waals surface area contributed by atoms with Crippen LogP contribution in [-0.4, -0.2) is 25.1 Å². The highest BCUT2D eigenvalue weighted by Gasteiger charge is 2.29. The van der Waals surface area contributed by atoms with Crippen LogP contribution >= 0.6 is 0 Å². The van der Waals surface area contributed by atoms with E-state index in [-0.39, 0.29) is 5.48 Å². The molecule has 0 aliphatic rings. The van der Waals surface area contributed by atoms with Crippen molar-refractivity contribution in [2.24, 2.45) is 0 Å². The Hall–Kier alpha value is -0.860. The molecule has 2 heteroatoms. The van der Waals surface area contributed by atoms with Gasteiger partial charge in [0.2, 0.25) is 0 Å². The molecule has 0 spiro atoms. The van der Waals surface area contributed by atoms with Gasteiger partial charge in [-0.05, 0) is 38.7 Å². The Morgan fingerprint density at radius 2 is 1.07 bits per heavy atom. The number of benzene rings is 1. The van der Waals surface area contributed by atoms with Gasteiger partial charge >= 0.3 is 0 Å². The second-order valence-corrected chi connectivity index (χ2v) is 8.28. The minimum Gasteiger partial charge on any atom is -0.870 e. The number of rotatable bonds is 16. The maximum absolute atomic E-state index is 2.39. The summed E-state index contributed by atoms with van der Waals surface area (Å²) >= 11 is 0. The maximum atomic E-state index is 2.39. The van der Waals surface area contributed by atoms with Gasteiger partial charge in [-0.3, -0.25) is 4.48 Å². The molecule has 0 heterocycles. The molecule has 2 nitrogen and oxygen atoms in total. The van der Waals surface area contributed by atoms with Gasteiger partial charge < -0.3 is 5.48 Å². The Kier molecular flexibility index (Phi) is 15.6. The highest BCUT2D eigenvalue weighted by molar-refractivity contribution is 5.49. The van der Waals surface area contributed by atoms with Gasteiger partial charge in [-0.1, -0.05) is 90.3 Å². The van der Waals surface area contributed by atoms with E-state index in [4.69, 9.17) is 0 Å². The third-order valence-electron chi connectivity index (χ3n) is 5.87. The Morgan fingerprint density at radius 3 is 1.56 bits per heavy atom. The van der Waals surface area contributed by atoms with Gasteiger partial charge in [0, 0.05) is 5.56 Å². The normalized spacial score (nSPS) is 11.4. The molecular weight excluding hydrogens is 330 g/mol. The molecule has 0 aromatic heterocycles. The second kappa shape index (κ2) is 16.1. The van der Waals surface area contributed by atoms with E-state index in [0.717, 1.165) is 0 Å². The molecule has 0 amide bonds. The SMILES string of the molecule is CCCCCCCCCCCC[N+](CCC)(CCC)c1ccccc1C.[OH-]. The molecule has 0 saturated heterocycles. The number of quaternary nitrogens is 1. The van der Waals surface area contributed by atoms with Crippen LogP contribution in [0, 0.1) is 6.92 Å². The average Bonchev–Trinajstić information content (AvgIpc) is 2.64. The highest BCUT2D eigenvalue weighted by Crippen LogP contribution is 2.29. The van der Waals surface area contributed by atoms with Gasteiger partial charge in [0.15, 0.2) is 0 Å². The largest absolute Gasteiger partial charge is 0.870 e. The average molecular weight is 378 g/mol. The van der Waals surface area contributed by atoms with E-state index in [9.17, 15) is 0 Å². The Balaban J connectivity index is 0.00000676. The first kappa shape index (κ1) is 26.1. The van der Waals surface area contributed by atoms with Gasteiger partial charge in [0.05, 0.1) is 19.6 Å². The summed E-state index contributed by atoms with van der Waals surface area (Å²) in [6.07, 6.45) is 16.8. The van der Waals surface area contributed by atoms with Crippen molar-refractivity contribution in [1.82, 2.24) is 4.48 Å². The summed E-state index contributed by atoms with van der Waals surface area (Å²) in [5, 5.41) is 0. The molecule has 0 atom stereocenters. The molecule has 27 heavy (non-hydrogen) atoms. The Bertz CT molecular complexity index is 451. The van der Waals surface area contributed by atoms with E-state index in [1.54, 1.807) is 5.69 Å². The summed E-state index contributed by atoms with van der Waals surface area (Å²) in [5.41, 5.74) is 3.05. The summed E-state index contributed by atoms with van der Waals surface area (Å²) in [7, 11) is 0. The summed E-state index contributed by atoms with van der Waals surface area (Å²) in [6, 6.07) is 9.11. The number of para-hydroxylation sites is 1. The maximum Gasteiger partial charge on any atom is 0.135 e. The Labute approximate surface area is 170 Å². The first-order valence-corrected chi connectivity index (χ1v) is 11.6. The van der Waals surface area contributed by atoms with Crippen LogP contribution in [0.3, 0.4) is 0 Å². The molecular formula is C25H47NO. The molecule has 0 aliphatic carbocycles. The van der Waals surface area contributed by atoms with Crippen LogP contribution < -0.4 is 4.48 Å². The third-order valence-corrected chi connectivity index (χ3v) is 5.87. The lowest BCUT2D eigenvalue weighted by Gasteiger charge is -2.39. The zero-order valence-electron chi connectivity index (χ0n) is 18.8. The quantitative estimate of drug-likeness (QED) is 0.213. The fourth-order valence-corrected chi connectivity index (χ4v) is 4.55. The van der Waals surface area contributed by atoms with Crippen LogP contribution in [0.5, 0.6) is 0 Å². The van der Waals surface area contributed by atoms with Gasteiger partial charge in [-0.25, -0.2) is 0 Å². The first-order chi connectivity index (χ1) is 12.7. The first-order valence-electron chi connectivity index (χ1n) is 11.6. The van der Waals surface area contributed by atoms with Crippen molar-refractivity contribution >= 4 is 5.69 Å². The molecule has 0 radical (unpaired) electrons. The van der Waals surface area contributed by atoms with Crippen molar-refractivity contribution in [3.05, 3.63) is 29.8 Å². The zero-order valence-corrected chi connectivity index (χ0v) is 18.8. The number of aryl methyl sites for hydroxylation is 1.